The number of rotatable bonds is 7. The molecule has 2 aromatic heterocycles. The normalized spacial score (nSPS) is 12.2. The third-order valence-electron chi connectivity index (χ3n) is 4.55. The van der Waals surface area contributed by atoms with Gasteiger partial charge in [-0.25, -0.2) is 13.2 Å². The second kappa shape index (κ2) is 9.49. The van der Waals surface area contributed by atoms with Crippen LogP contribution >= 0.6 is 11.3 Å². The lowest BCUT2D eigenvalue weighted by Crippen LogP contribution is -2.30. The molecule has 0 saturated heterocycles. The van der Waals surface area contributed by atoms with Crippen LogP contribution in [0.25, 0.3) is 11.0 Å². The third kappa shape index (κ3) is 5.15. The van der Waals surface area contributed by atoms with E-state index in [-0.39, 0.29) is 15.6 Å². The summed E-state index contributed by atoms with van der Waals surface area (Å²) in [7, 11) is -3.86. The van der Waals surface area contributed by atoms with Crippen molar-refractivity contribution in [3.8, 4) is 0 Å². The first-order valence-electron chi connectivity index (χ1n) is 9.87. The molecule has 2 aromatic carbocycles. The zero-order valence-electron chi connectivity index (χ0n) is 17.9. The number of hydrogen-bond acceptors (Lipinski definition) is 10. The minimum Gasteiger partial charge on any atom is -0.449 e. The first-order valence-corrected chi connectivity index (χ1v) is 12.2. The van der Waals surface area contributed by atoms with Crippen molar-refractivity contribution in [3.05, 3.63) is 65.4 Å². The van der Waals surface area contributed by atoms with Crippen LogP contribution in [0.1, 0.15) is 22.3 Å². The molecule has 0 aliphatic rings. The highest BCUT2D eigenvalue weighted by Gasteiger charge is 2.22. The van der Waals surface area contributed by atoms with Gasteiger partial charge in [0, 0.05) is 18.1 Å². The monoisotopic (exact) mass is 498 g/mol. The highest BCUT2D eigenvalue weighted by molar-refractivity contribution is 7.93. The lowest BCUT2D eigenvalue weighted by atomic mass is 10.2. The van der Waals surface area contributed by atoms with E-state index in [9.17, 15) is 18.0 Å². The zero-order chi connectivity index (χ0) is 24.3. The Bertz CT molecular complexity index is 1470. The summed E-state index contributed by atoms with van der Waals surface area (Å²) in [6, 6.07) is 10.4. The van der Waals surface area contributed by atoms with Crippen molar-refractivity contribution in [2.45, 2.75) is 24.8 Å². The number of hydrogen-bond donors (Lipinski definition) is 2. The second-order valence-electron chi connectivity index (χ2n) is 7.02. The van der Waals surface area contributed by atoms with Crippen molar-refractivity contribution in [3.63, 3.8) is 0 Å². The van der Waals surface area contributed by atoms with Crippen LogP contribution in [0.4, 0.5) is 10.8 Å². The Morgan fingerprint density at radius 2 is 1.76 bits per heavy atom. The van der Waals surface area contributed by atoms with Crippen LogP contribution in [-0.4, -0.2) is 46.6 Å². The average molecular weight is 499 g/mol. The number of amides is 1. The van der Waals surface area contributed by atoms with E-state index >= 15 is 0 Å². The summed E-state index contributed by atoms with van der Waals surface area (Å²) in [6.07, 6.45) is 1.85. The summed E-state index contributed by atoms with van der Waals surface area (Å²) in [5.74, 6) is -1.30. The number of fused-ring (bicyclic) bond motifs is 1. The Morgan fingerprint density at radius 1 is 1.03 bits per heavy atom. The lowest BCUT2D eigenvalue weighted by Gasteiger charge is -2.14. The number of nitrogens with zero attached hydrogens (tertiary/aromatic N) is 4. The SMILES string of the molecule is Cc1nnc(NS(=O)(=O)c2ccc(NC(=O)C(C)OC(=O)c3cccc4nccnc34)cc2)s1. The van der Waals surface area contributed by atoms with Gasteiger partial charge in [0.1, 0.15) is 10.5 Å². The molecule has 2 heterocycles. The van der Waals surface area contributed by atoms with Crippen LogP contribution in [0.5, 0.6) is 0 Å². The Hall–Kier alpha value is -3.97. The van der Waals surface area contributed by atoms with Crippen molar-refractivity contribution >= 4 is 55.1 Å². The van der Waals surface area contributed by atoms with Gasteiger partial charge in [0.2, 0.25) is 5.13 Å². The quantitative estimate of drug-likeness (QED) is 0.366. The molecule has 1 amide bonds. The molecule has 0 radical (unpaired) electrons. The summed E-state index contributed by atoms with van der Waals surface area (Å²) in [4.78, 5) is 33.4. The molecule has 34 heavy (non-hydrogen) atoms. The van der Waals surface area contributed by atoms with Gasteiger partial charge in [0.15, 0.2) is 6.10 Å². The minimum absolute atomic E-state index is 0.0186. The van der Waals surface area contributed by atoms with Crippen molar-refractivity contribution < 1.29 is 22.7 Å². The van der Waals surface area contributed by atoms with E-state index in [0.717, 1.165) is 11.3 Å². The molecule has 4 aromatic rings. The van der Waals surface area contributed by atoms with Gasteiger partial charge < -0.3 is 10.1 Å². The molecule has 0 aliphatic carbocycles. The van der Waals surface area contributed by atoms with E-state index in [2.05, 4.69) is 30.2 Å². The number of sulfonamides is 1. The van der Waals surface area contributed by atoms with Gasteiger partial charge in [-0.1, -0.05) is 17.4 Å². The number of benzene rings is 2. The number of anilines is 2. The molecular formula is C21H18N6O5S2. The average Bonchev–Trinajstić information content (AvgIpc) is 3.22. The maximum absolute atomic E-state index is 12.6. The highest BCUT2D eigenvalue weighted by atomic mass is 32.2. The summed E-state index contributed by atoms with van der Waals surface area (Å²) in [5.41, 5.74) is 1.42. The van der Waals surface area contributed by atoms with Gasteiger partial charge in [-0.05, 0) is 50.2 Å². The second-order valence-corrected chi connectivity index (χ2v) is 9.89. The Balaban J connectivity index is 1.39. The van der Waals surface area contributed by atoms with E-state index in [4.69, 9.17) is 4.74 Å². The van der Waals surface area contributed by atoms with Crippen molar-refractivity contribution in [1.82, 2.24) is 20.2 Å². The molecule has 0 spiro atoms. The maximum Gasteiger partial charge on any atom is 0.341 e. The molecule has 13 heteroatoms. The predicted molar refractivity (Wildman–Crippen MR) is 125 cm³/mol. The first-order chi connectivity index (χ1) is 16.2. The molecule has 0 aliphatic heterocycles. The number of carbonyl (C=O) groups excluding carboxylic acids is 2. The number of aryl methyl sites for hydroxylation is 1. The molecule has 0 saturated carbocycles. The number of ether oxygens (including phenoxy) is 1. The number of aromatic nitrogens is 4. The largest absolute Gasteiger partial charge is 0.449 e. The predicted octanol–water partition coefficient (Wildman–Crippen LogP) is 2.77. The Morgan fingerprint density at radius 3 is 2.47 bits per heavy atom. The fourth-order valence-electron chi connectivity index (χ4n) is 2.91. The van der Waals surface area contributed by atoms with Crippen LogP contribution in [0.2, 0.25) is 0 Å². The van der Waals surface area contributed by atoms with E-state index < -0.39 is 28.0 Å². The van der Waals surface area contributed by atoms with E-state index in [1.807, 2.05) is 0 Å². The topological polar surface area (TPSA) is 153 Å². The maximum atomic E-state index is 12.6. The molecular weight excluding hydrogens is 480 g/mol. The van der Waals surface area contributed by atoms with Gasteiger partial charge in [0.05, 0.1) is 16.0 Å². The van der Waals surface area contributed by atoms with Gasteiger partial charge in [0.25, 0.3) is 15.9 Å². The fraction of sp³-hybridized carbons (Fsp3) is 0.143. The Labute approximate surface area is 198 Å². The molecule has 0 fully saturated rings. The number of carbonyl (C=O) groups is 2. The zero-order valence-corrected chi connectivity index (χ0v) is 19.6. The number of nitrogens with one attached hydrogen (secondary N) is 2. The van der Waals surface area contributed by atoms with Crippen LogP contribution < -0.4 is 10.0 Å². The van der Waals surface area contributed by atoms with E-state index in [0.29, 0.717) is 21.7 Å². The summed E-state index contributed by atoms with van der Waals surface area (Å²) in [5, 5.41) is 10.9. The van der Waals surface area contributed by atoms with E-state index in [1.54, 1.807) is 25.1 Å². The minimum atomic E-state index is -3.86. The molecule has 1 unspecified atom stereocenters. The van der Waals surface area contributed by atoms with Crippen molar-refractivity contribution in [1.29, 1.82) is 0 Å². The number of esters is 1. The molecule has 1 atom stereocenters. The van der Waals surface area contributed by atoms with Crippen LogP contribution in [-0.2, 0) is 19.6 Å². The molecule has 11 nitrogen and oxygen atoms in total. The van der Waals surface area contributed by atoms with E-state index in [1.165, 1.54) is 43.6 Å². The van der Waals surface area contributed by atoms with Crippen molar-refractivity contribution in [2.24, 2.45) is 0 Å². The molecule has 174 valence electrons. The standard InChI is InChI=1S/C21H18N6O5S2/c1-12(32-20(29)16-4-3-5-17-18(16)23-11-10-22-17)19(28)24-14-6-8-15(9-7-14)34(30,31)27-21-26-25-13(2)33-21/h3-12H,1-2H3,(H,24,28)(H,26,27). The summed E-state index contributed by atoms with van der Waals surface area (Å²) in [6.45, 7) is 3.14. The number of para-hydroxylation sites is 1. The van der Waals surface area contributed by atoms with Gasteiger partial charge in [-0.3, -0.25) is 19.5 Å². The lowest BCUT2D eigenvalue weighted by molar-refractivity contribution is -0.123. The smallest absolute Gasteiger partial charge is 0.341 e. The molecule has 2 N–H and O–H groups in total. The van der Waals surface area contributed by atoms with Gasteiger partial charge in [-0.15, -0.1) is 10.2 Å². The molecule has 4 rings (SSSR count). The molecule has 0 bridgehead atoms. The summed E-state index contributed by atoms with van der Waals surface area (Å²) >= 11 is 1.11. The van der Waals surface area contributed by atoms with Gasteiger partial charge >= 0.3 is 5.97 Å². The fourth-order valence-corrected chi connectivity index (χ4v) is 4.73. The van der Waals surface area contributed by atoms with Crippen LogP contribution in [0, 0.1) is 6.92 Å². The van der Waals surface area contributed by atoms with Gasteiger partial charge in [-0.2, -0.15) is 0 Å². The Kier molecular flexibility index (Phi) is 6.47. The van der Waals surface area contributed by atoms with Crippen LogP contribution in [0.3, 0.4) is 0 Å². The first kappa shape index (κ1) is 23.2. The van der Waals surface area contributed by atoms with Crippen LogP contribution in [0.15, 0.2) is 59.8 Å². The van der Waals surface area contributed by atoms with Crippen molar-refractivity contribution in [2.75, 3.05) is 10.0 Å². The highest BCUT2D eigenvalue weighted by Crippen LogP contribution is 2.21. The summed E-state index contributed by atoms with van der Waals surface area (Å²) < 4.78 is 32.6. The third-order valence-corrected chi connectivity index (χ3v) is 6.79.